The standard InChI is InChI=1S/C16H28NO2P/c1-6-14-9-7-8-12-17(14)20(18,16(3,4)5)15-11-10-13(2)19-15/h10-11,14H,6-9,12H2,1-5H3/t14-,20+/m1/s1. The van der Waals surface area contributed by atoms with Crippen LogP contribution >= 0.6 is 7.29 Å². The maximum absolute atomic E-state index is 14.0. The van der Waals surface area contributed by atoms with Crippen molar-refractivity contribution < 1.29 is 8.98 Å². The first-order chi connectivity index (χ1) is 9.30. The van der Waals surface area contributed by atoms with E-state index in [1.807, 2.05) is 19.1 Å². The largest absolute Gasteiger partial charge is 0.457 e. The minimum absolute atomic E-state index is 0.304. The van der Waals surface area contributed by atoms with Gasteiger partial charge < -0.3 is 4.42 Å². The van der Waals surface area contributed by atoms with Crippen molar-refractivity contribution in [3.8, 4) is 0 Å². The molecule has 1 aromatic heterocycles. The van der Waals surface area contributed by atoms with Crippen LogP contribution in [0.5, 0.6) is 0 Å². The van der Waals surface area contributed by atoms with E-state index in [1.54, 1.807) is 0 Å². The van der Waals surface area contributed by atoms with Crippen molar-refractivity contribution in [1.82, 2.24) is 4.67 Å². The molecule has 1 aliphatic rings. The fourth-order valence-corrected chi connectivity index (χ4v) is 6.59. The molecule has 0 N–H and O–H groups in total. The van der Waals surface area contributed by atoms with E-state index in [9.17, 15) is 4.57 Å². The average molecular weight is 297 g/mol. The van der Waals surface area contributed by atoms with E-state index >= 15 is 0 Å². The van der Waals surface area contributed by atoms with E-state index in [0.717, 1.165) is 31.6 Å². The Morgan fingerprint density at radius 2 is 2.05 bits per heavy atom. The van der Waals surface area contributed by atoms with Crippen LogP contribution in [0, 0.1) is 6.92 Å². The van der Waals surface area contributed by atoms with Gasteiger partial charge in [-0.2, -0.15) is 0 Å². The SMILES string of the molecule is CC[C@@H]1CCCCN1[P@](=O)(c1ccc(C)o1)C(C)(C)C. The molecule has 4 heteroatoms. The summed E-state index contributed by atoms with van der Waals surface area (Å²) in [4.78, 5) is 0. The van der Waals surface area contributed by atoms with Crippen LogP contribution in [-0.2, 0) is 4.57 Å². The van der Waals surface area contributed by atoms with Crippen molar-refractivity contribution in [3.05, 3.63) is 17.9 Å². The molecule has 1 aromatic rings. The number of aryl methyl sites for hydroxylation is 1. The lowest BCUT2D eigenvalue weighted by Gasteiger charge is -2.45. The highest BCUT2D eigenvalue weighted by Gasteiger charge is 2.48. The molecule has 0 aliphatic carbocycles. The molecule has 20 heavy (non-hydrogen) atoms. The lowest BCUT2D eigenvalue weighted by Crippen LogP contribution is -2.44. The maximum Gasteiger partial charge on any atom is 0.217 e. The van der Waals surface area contributed by atoms with Crippen LogP contribution in [0.4, 0.5) is 0 Å². The minimum atomic E-state index is -2.72. The van der Waals surface area contributed by atoms with Crippen LogP contribution in [0.2, 0.25) is 0 Å². The second-order valence-corrected chi connectivity index (χ2v) is 10.3. The lowest BCUT2D eigenvalue weighted by atomic mass is 10.0. The van der Waals surface area contributed by atoms with E-state index < -0.39 is 7.29 Å². The zero-order chi connectivity index (χ0) is 15.0. The average Bonchev–Trinajstić information content (AvgIpc) is 2.83. The number of piperidine rings is 1. The first kappa shape index (κ1) is 15.9. The van der Waals surface area contributed by atoms with Crippen molar-refractivity contribution in [3.63, 3.8) is 0 Å². The van der Waals surface area contributed by atoms with Gasteiger partial charge in [-0.25, -0.2) is 4.67 Å². The molecule has 0 unspecified atom stereocenters. The van der Waals surface area contributed by atoms with Crippen molar-refractivity contribution >= 4 is 12.8 Å². The Bertz CT molecular complexity index is 501. The summed E-state index contributed by atoms with van der Waals surface area (Å²) in [5.41, 5.74) is 0.683. The normalized spacial score (nSPS) is 24.6. The molecule has 2 rings (SSSR count). The Balaban J connectivity index is 2.49. The summed E-state index contributed by atoms with van der Waals surface area (Å²) >= 11 is 0. The van der Waals surface area contributed by atoms with Crippen LogP contribution in [0.1, 0.15) is 59.1 Å². The monoisotopic (exact) mass is 297 g/mol. The van der Waals surface area contributed by atoms with Gasteiger partial charge in [-0.1, -0.05) is 34.1 Å². The van der Waals surface area contributed by atoms with Gasteiger partial charge in [0.25, 0.3) is 0 Å². The van der Waals surface area contributed by atoms with Crippen LogP contribution in [0.3, 0.4) is 0 Å². The van der Waals surface area contributed by atoms with Crippen LogP contribution in [0.25, 0.3) is 0 Å². The van der Waals surface area contributed by atoms with Crippen LogP contribution in [-0.4, -0.2) is 22.4 Å². The predicted molar refractivity (Wildman–Crippen MR) is 85.1 cm³/mol. The number of hydrogen-bond acceptors (Lipinski definition) is 2. The van der Waals surface area contributed by atoms with Crippen molar-refractivity contribution in [2.24, 2.45) is 0 Å². The molecule has 1 fully saturated rings. The molecule has 0 amide bonds. The molecule has 0 aromatic carbocycles. The van der Waals surface area contributed by atoms with Gasteiger partial charge in [-0.05, 0) is 38.3 Å². The zero-order valence-corrected chi connectivity index (χ0v) is 14.4. The summed E-state index contributed by atoms with van der Waals surface area (Å²) in [7, 11) is -2.72. The number of rotatable bonds is 3. The predicted octanol–water partition coefficient (Wildman–Crippen LogP) is 4.55. The fourth-order valence-electron chi connectivity index (χ4n) is 3.20. The molecule has 1 saturated heterocycles. The number of hydrogen-bond donors (Lipinski definition) is 0. The van der Waals surface area contributed by atoms with E-state index in [4.69, 9.17) is 4.42 Å². The van der Waals surface area contributed by atoms with Crippen molar-refractivity contribution in [1.29, 1.82) is 0 Å². The molecule has 1 aliphatic heterocycles. The Morgan fingerprint density at radius 1 is 1.35 bits per heavy atom. The molecule has 2 heterocycles. The molecule has 114 valence electrons. The summed E-state index contributed by atoms with van der Waals surface area (Å²) < 4.78 is 22.1. The van der Waals surface area contributed by atoms with E-state index in [1.165, 1.54) is 6.42 Å². The quantitative estimate of drug-likeness (QED) is 0.767. The highest BCUT2D eigenvalue weighted by Crippen LogP contribution is 2.61. The third-order valence-corrected chi connectivity index (χ3v) is 8.27. The topological polar surface area (TPSA) is 33.5 Å². The molecular formula is C16H28NO2P. The minimum Gasteiger partial charge on any atom is -0.457 e. The first-order valence-electron chi connectivity index (χ1n) is 7.75. The molecule has 2 atom stereocenters. The molecule has 0 bridgehead atoms. The number of furan rings is 1. The summed E-state index contributed by atoms with van der Waals surface area (Å²) in [5, 5.41) is -0.304. The third-order valence-electron chi connectivity index (χ3n) is 4.36. The van der Waals surface area contributed by atoms with Crippen LogP contribution < -0.4 is 5.50 Å². The van der Waals surface area contributed by atoms with Gasteiger partial charge in [0, 0.05) is 17.7 Å². The number of nitrogens with zero attached hydrogens (tertiary/aromatic N) is 1. The molecule has 3 nitrogen and oxygen atoms in total. The van der Waals surface area contributed by atoms with Crippen molar-refractivity contribution in [2.45, 2.75) is 71.5 Å². The summed E-state index contributed by atoms with van der Waals surface area (Å²) in [6.45, 7) is 11.3. The van der Waals surface area contributed by atoms with E-state index in [0.29, 0.717) is 11.5 Å². The Labute approximate surface area is 123 Å². The van der Waals surface area contributed by atoms with E-state index in [2.05, 4.69) is 32.4 Å². The first-order valence-corrected chi connectivity index (χ1v) is 9.41. The molecule has 0 radical (unpaired) electrons. The van der Waals surface area contributed by atoms with Gasteiger partial charge in [0.2, 0.25) is 7.29 Å². The molecule has 0 spiro atoms. The van der Waals surface area contributed by atoms with Gasteiger partial charge in [-0.15, -0.1) is 0 Å². The smallest absolute Gasteiger partial charge is 0.217 e. The summed E-state index contributed by atoms with van der Waals surface area (Å²) in [6.07, 6.45) is 4.59. The lowest BCUT2D eigenvalue weighted by molar-refractivity contribution is 0.239. The third kappa shape index (κ3) is 2.63. The summed E-state index contributed by atoms with van der Waals surface area (Å²) in [6, 6.07) is 4.26. The molecule has 0 saturated carbocycles. The highest BCUT2D eigenvalue weighted by atomic mass is 31.2. The summed E-state index contributed by atoms with van der Waals surface area (Å²) in [5.74, 6) is 0.842. The zero-order valence-electron chi connectivity index (χ0n) is 13.5. The fraction of sp³-hybridized carbons (Fsp3) is 0.750. The van der Waals surface area contributed by atoms with Crippen molar-refractivity contribution in [2.75, 3.05) is 6.54 Å². The Kier molecular flexibility index (Phi) is 4.51. The van der Waals surface area contributed by atoms with E-state index in [-0.39, 0.29) is 5.16 Å². The second-order valence-electron chi connectivity index (χ2n) is 6.85. The highest BCUT2D eigenvalue weighted by molar-refractivity contribution is 7.70. The maximum atomic E-state index is 14.0. The Morgan fingerprint density at radius 3 is 2.55 bits per heavy atom. The Hall–Kier alpha value is -0.530. The molecular weight excluding hydrogens is 269 g/mol. The second kappa shape index (κ2) is 5.69. The van der Waals surface area contributed by atoms with Crippen LogP contribution in [0.15, 0.2) is 16.5 Å². The van der Waals surface area contributed by atoms with Gasteiger partial charge in [0.15, 0.2) is 5.50 Å². The van der Waals surface area contributed by atoms with Gasteiger partial charge in [-0.3, -0.25) is 4.57 Å². The van der Waals surface area contributed by atoms with Gasteiger partial charge >= 0.3 is 0 Å². The van der Waals surface area contributed by atoms with Gasteiger partial charge in [0.1, 0.15) is 5.76 Å². The van der Waals surface area contributed by atoms with Gasteiger partial charge in [0.05, 0.1) is 0 Å².